The van der Waals surface area contributed by atoms with Crippen molar-refractivity contribution in [1.29, 1.82) is 0 Å². The Kier molecular flexibility index (Phi) is 14.0. The molecule has 0 unspecified atom stereocenters. The van der Waals surface area contributed by atoms with Crippen LogP contribution in [0.4, 0.5) is 0 Å². The van der Waals surface area contributed by atoms with Crippen LogP contribution in [-0.4, -0.2) is 50.1 Å². The van der Waals surface area contributed by atoms with E-state index in [2.05, 4.69) is 5.32 Å². The zero-order valence-electron chi connectivity index (χ0n) is 15.8. The Morgan fingerprint density at radius 2 is 1.84 bits per heavy atom. The quantitative estimate of drug-likeness (QED) is 0.517. The molecule has 2 amide bonds. The number of rotatable bonds is 12. The van der Waals surface area contributed by atoms with Gasteiger partial charge >= 0.3 is 0 Å². The Morgan fingerprint density at radius 3 is 2.28 bits per heavy atom. The molecular formula is C18H38N2O5. The summed E-state index contributed by atoms with van der Waals surface area (Å²) in [5, 5.41) is 2.68. The Hall–Kier alpha value is -1.47. The lowest BCUT2D eigenvalue weighted by Crippen LogP contribution is -2.28. The van der Waals surface area contributed by atoms with E-state index >= 15 is 0 Å². The maximum atomic E-state index is 11.2. The summed E-state index contributed by atoms with van der Waals surface area (Å²) in [6.45, 7) is 7.31. The summed E-state index contributed by atoms with van der Waals surface area (Å²) >= 11 is 0. The molecule has 7 nitrogen and oxygen atoms in total. The minimum atomic E-state index is -0.389. The summed E-state index contributed by atoms with van der Waals surface area (Å²) in [5.41, 5.74) is 4.93. The first-order valence-corrected chi connectivity index (χ1v) is 9.13. The van der Waals surface area contributed by atoms with Gasteiger partial charge in [-0.1, -0.05) is 13.3 Å². The number of carbonyl (C=O) groups excluding carboxylic acids is 3. The Balaban J connectivity index is -0.000000485. The van der Waals surface area contributed by atoms with Crippen molar-refractivity contribution in [1.82, 2.24) is 5.32 Å². The lowest BCUT2D eigenvalue weighted by molar-refractivity contribution is -0.125. The number of hydrogen-bond donors (Lipinski definition) is 2. The highest BCUT2D eigenvalue weighted by Gasteiger charge is 2.22. The van der Waals surface area contributed by atoms with Gasteiger partial charge in [-0.3, -0.25) is 14.4 Å². The molecule has 0 aromatic carbocycles. The Morgan fingerprint density at radius 1 is 1.16 bits per heavy atom. The van der Waals surface area contributed by atoms with Gasteiger partial charge in [-0.25, -0.2) is 0 Å². The molecule has 0 bridgehead atoms. The molecule has 0 aromatic heterocycles. The number of carbonyl (C=O) groups is 3. The van der Waals surface area contributed by atoms with E-state index in [4.69, 9.17) is 15.2 Å². The Bertz CT molecular complexity index is 405. The molecule has 150 valence electrons. The second-order valence-corrected chi connectivity index (χ2v) is 6.30. The first-order chi connectivity index (χ1) is 11.9. The van der Waals surface area contributed by atoms with Crippen LogP contribution in [-0.2, 0) is 23.9 Å². The highest BCUT2D eigenvalue weighted by molar-refractivity contribution is 5.81. The van der Waals surface area contributed by atoms with Crippen LogP contribution in [0.2, 0.25) is 0 Å². The second kappa shape index (κ2) is 14.8. The number of Topliss-reactive ketones (excluding diaryl/α,β-unsaturated/α-hetero) is 1. The third-order valence-corrected chi connectivity index (χ3v) is 3.75. The molecule has 1 aliphatic rings. The third kappa shape index (κ3) is 14.6. The largest absolute Gasteiger partial charge is 0.379 e. The van der Waals surface area contributed by atoms with Gasteiger partial charge in [-0.05, 0) is 26.7 Å². The first kappa shape index (κ1) is 23.5. The summed E-state index contributed by atoms with van der Waals surface area (Å²) in [6, 6.07) is 0. The lowest BCUT2D eigenvalue weighted by Gasteiger charge is -2.22. The van der Waals surface area contributed by atoms with Crippen molar-refractivity contribution in [2.24, 2.45) is 11.7 Å². The Labute approximate surface area is 154 Å². The van der Waals surface area contributed by atoms with Crippen molar-refractivity contribution in [3.63, 3.8) is 0 Å². The monoisotopic (exact) mass is 362 g/mol. The number of primary amides is 1. The molecule has 0 aromatic rings. The van der Waals surface area contributed by atoms with Crippen LogP contribution < -0.4 is 11.1 Å². The van der Waals surface area contributed by atoms with Crippen LogP contribution in [0.15, 0.2) is 0 Å². The van der Waals surface area contributed by atoms with E-state index in [9.17, 15) is 14.4 Å². The molecule has 0 saturated heterocycles. The number of nitrogens with two attached hydrogens (primary N) is 1. The van der Waals surface area contributed by atoms with Crippen LogP contribution in [0, 0.1) is 5.92 Å². The highest BCUT2D eigenvalue weighted by Crippen LogP contribution is 2.27. The van der Waals surface area contributed by atoms with Gasteiger partial charge in [0.25, 0.3) is 0 Å². The number of ketones is 1. The van der Waals surface area contributed by atoms with Gasteiger partial charge in [0.15, 0.2) is 0 Å². The molecule has 1 rings (SSSR count). The molecule has 25 heavy (non-hydrogen) atoms. The SMILES string of the molecule is CC(C)OCCC(=O)NCCOCCC(N)=O.CCC(=O)C1CCC1.[HH].[HH]. The van der Waals surface area contributed by atoms with Crippen LogP contribution in [0.25, 0.3) is 0 Å². The van der Waals surface area contributed by atoms with Gasteiger partial charge in [-0.15, -0.1) is 0 Å². The molecule has 0 radical (unpaired) electrons. The average molecular weight is 363 g/mol. The van der Waals surface area contributed by atoms with Gasteiger partial charge in [0.05, 0.1) is 25.9 Å². The van der Waals surface area contributed by atoms with Gasteiger partial charge in [0, 0.05) is 34.6 Å². The minimum Gasteiger partial charge on any atom is -0.379 e. The number of hydrogen-bond acceptors (Lipinski definition) is 5. The highest BCUT2D eigenvalue weighted by atomic mass is 16.5. The van der Waals surface area contributed by atoms with E-state index in [0.717, 1.165) is 19.3 Å². The van der Waals surface area contributed by atoms with E-state index in [0.29, 0.717) is 44.5 Å². The number of ether oxygens (including phenoxy) is 2. The van der Waals surface area contributed by atoms with Gasteiger partial charge < -0.3 is 20.5 Å². The smallest absolute Gasteiger partial charge is 0.222 e. The molecule has 1 aliphatic carbocycles. The molecule has 1 fully saturated rings. The van der Waals surface area contributed by atoms with Crippen molar-refractivity contribution in [2.75, 3.05) is 26.4 Å². The van der Waals surface area contributed by atoms with E-state index in [1.807, 2.05) is 20.8 Å². The molecule has 3 N–H and O–H groups in total. The van der Waals surface area contributed by atoms with Crippen molar-refractivity contribution in [3.8, 4) is 0 Å². The lowest BCUT2D eigenvalue weighted by atomic mass is 9.81. The molecule has 1 saturated carbocycles. The topological polar surface area (TPSA) is 108 Å². The summed E-state index contributed by atoms with van der Waals surface area (Å²) < 4.78 is 10.3. The van der Waals surface area contributed by atoms with E-state index in [1.165, 1.54) is 6.42 Å². The van der Waals surface area contributed by atoms with Crippen LogP contribution >= 0.6 is 0 Å². The first-order valence-electron chi connectivity index (χ1n) is 9.13. The predicted molar refractivity (Wildman–Crippen MR) is 100 cm³/mol. The minimum absolute atomic E-state index is 0. The maximum Gasteiger partial charge on any atom is 0.222 e. The average Bonchev–Trinajstić information content (AvgIpc) is 2.49. The molecule has 7 heteroatoms. The fourth-order valence-corrected chi connectivity index (χ4v) is 2.03. The zero-order chi connectivity index (χ0) is 19.1. The third-order valence-electron chi connectivity index (χ3n) is 3.75. The predicted octanol–water partition coefficient (Wildman–Crippen LogP) is 2.07. The van der Waals surface area contributed by atoms with Gasteiger partial charge in [0.2, 0.25) is 11.8 Å². The van der Waals surface area contributed by atoms with E-state index < -0.39 is 0 Å². The van der Waals surface area contributed by atoms with Crippen LogP contribution in [0.5, 0.6) is 0 Å². The van der Waals surface area contributed by atoms with Crippen LogP contribution in [0.3, 0.4) is 0 Å². The van der Waals surface area contributed by atoms with Crippen molar-refractivity contribution in [3.05, 3.63) is 0 Å². The van der Waals surface area contributed by atoms with E-state index in [-0.39, 0.29) is 27.2 Å². The standard InChI is InChI=1S/C11H22N2O4.C7H12O.2H2/c1-9(2)17-7-4-11(15)13-5-8-16-6-3-10(12)14;1-2-7(8)6-4-3-5-6;;/h9H,3-8H2,1-2H3,(H2,12,14)(H,13,15);6H,2-5H2,1H3;2*1H. The fourth-order valence-electron chi connectivity index (χ4n) is 2.03. The summed E-state index contributed by atoms with van der Waals surface area (Å²) in [6.07, 6.45) is 5.02. The molecule has 0 spiro atoms. The summed E-state index contributed by atoms with van der Waals surface area (Å²) in [7, 11) is 0. The zero-order valence-corrected chi connectivity index (χ0v) is 15.8. The number of nitrogens with one attached hydrogen (secondary N) is 1. The molecular weight excluding hydrogens is 324 g/mol. The van der Waals surface area contributed by atoms with Crippen molar-refractivity contribution < 1.29 is 26.7 Å². The summed E-state index contributed by atoms with van der Waals surface area (Å²) in [4.78, 5) is 32.4. The van der Waals surface area contributed by atoms with Crippen molar-refractivity contribution in [2.45, 2.75) is 65.4 Å². The summed E-state index contributed by atoms with van der Waals surface area (Å²) in [5.74, 6) is 0.472. The normalized spacial score (nSPS) is 13.6. The molecule has 0 atom stereocenters. The molecule has 0 aliphatic heterocycles. The van der Waals surface area contributed by atoms with Gasteiger partial charge in [0.1, 0.15) is 5.78 Å². The fraction of sp³-hybridized carbons (Fsp3) is 0.833. The second-order valence-electron chi connectivity index (χ2n) is 6.30. The van der Waals surface area contributed by atoms with E-state index in [1.54, 1.807) is 0 Å². The van der Waals surface area contributed by atoms with Crippen LogP contribution in [0.1, 0.15) is 62.1 Å². The number of amides is 2. The van der Waals surface area contributed by atoms with Gasteiger partial charge in [-0.2, -0.15) is 0 Å². The van der Waals surface area contributed by atoms with Crippen molar-refractivity contribution >= 4 is 17.6 Å². The molecule has 0 heterocycles. The maximum absolute atomic E-state index is 11.2.